The molecule has 1 unspecified atom stereocenters. The summed E-state index contributed by atoms with van der Waals surface area (Å²) >= 11 is 7.38. The number of nitrogens with zero attached hydrogens (tertiary/aromatic N) is 1. The first-order valence-electron chi connectivity index (χ1n) is 8.68. The van der Waals surface area contributed by atoms with E-state index in [0.29, 0.717) is 11.8 Å². The summed E-state index contributed by atoms with van der Waals surface area (Å²) < 4.78 is 43.8. The SMILES string of the molecule is CCSCCC(C(=O)O)c1cc(Oc2ccc(C(F)(F)F)cc2Cl)ccc1[N+](=O)[O-]. The van der Waals surface area contributed by atoms with Crippen LogP contribution in [0, 0.1) is 10.1 Å². The molecule has 0 aromatic heterocycles. The average Bonchev–Trinajstić information content (AvgIpc) is 2.65. The number of rotatable bonds is 9. The normalized spacial score (nSPS) is 12.4. The summed E-state index contributed by atoms with van der Waals surface area (Å²) in [5, 5.41) is 20.6. The molecular weight excluding hydrogens is 447 g/mol. The van der Waals surface area contributed by atoms with Crippen LogP contribution in [0.15, 0.2) is 36.4 Å². The lowest BCUT2D eigenvalue weighted by molar-refractivity contribution is -0.385. The van der Waals surface area contributed by atoms with Gasteiger partial charge in [-0.3, -0.25) is 14.9 Å². The number of nitro benzene ring substituents is 1. The largest absolute Gasteiger partial charge is 0.481 e. The fourth-order valence-corrected chi connectivity index (χ4v) is 3.60. The number of carboxylic acid groups (broad SMARTS) is 1. The van der Waals surface area contributed by atoms with E-state index in [1.165, 1.54) is 23.9 Å². The van der Waals surface area contributed by atoms with Crippen molar-refractivity contribution in [2.75, 3.05) is 11.5 Å². The van der Waals surface area contributed by atoms with Crippen molar-refractivity contribution in [1.82, 2.24) is 0 Å². The molecule has 0 bridgehead atoms. The number of nitro groups is 1. The summed E-state index contributed by atoms with van der Waals surface area (Å²) in [6, 6.07) is 6.06. The van der Waals surface area contributed by atoms with E-state index in [2.05, 4.69) is 0 Å². The number of aliphatic carboxylic acids is 1. The number of hydrogen-bond donors (Lipinski definition) is 1. The average molecular weight is 464 g/mol. The molecule has 162 valence electrons. The summed E-state index contributed by atoms with van der Waals surface area (Å²) in [5.41, 5.74) is -1.39. The molecule has 0 saturated carbocycles. The maximum atomic E-state index is 12.8. The lowest BCUT2D eigenvalue weighted by Crippen LogP contribution is -2.14. The monoisotopic (exact) mass is 463 g/mol. The van der Waals surface area contributed by atoms with Crippen molar-refractivity contribution in [3.8, 4) is 11.5 Å². The molecule has 2 rings (SSSR count). The van der Waals surface area contributed by atoms with Crippen LogP contribution in [0.4, 0.5) is 18.9 Å². The Morgan fingerprint density at radius 3 is 2.53 bits per heavy atom. The fraction of sp³-hybridized carbons (Fsp3) is 0.316. The fourth-order valence-electron chi connectivity index (χ4n) is 2.69. The van der Waals surface area contributed by atoms with Gasteiger partial charge in [-0.15, -0.1) is 0 Å². The van der Waals surface area contributed by atoms with E-state index < -0.39 is 28.6 Å². The van der Waals surface area contributed by atoms with Gasteiger partial charge in [0.2, 0.25) is 0 Å². The molecule has 2 aromatic carbocycles. The van der Waals surface area contributed by atoms with E-state index in [9.17, 15) is 33.2 Å². The second-order valence-electron chi connectivity index (χ2n) is 6.10. The highest BCUT2D eigenvalue weighted by Gasteiger charge is 2.31. The molecule has 2 aromatic rings. The summed E-state index contributed by atoms with van der Waals surface area (Å²) in [6.45, 7) is 1.91. The van der Waals surface area contributed by atoms with Gasteiger partial charge in [-0.2, -0.15) is 24.9 Å². The zero-order valence-electron chi connectivity index (χ0n) is 15.6. The lowest BCUT2D eigenvalue weighted by atomic mass is 9.94. The summed E-state index contributed by atoms with van der Waals surface area (Å²) in [4.78, 5) is 22.4. The first kappa shape index (κ1) is 23.8. The Hall–Kier alpha value is -2.46. The third kappa shape index (κ3) is 6.02. The molecule has 30 heavy (non-hydrogen) atoms. The predicted molar refractivity (Wildman–Crippen MR) is 108 cm³/mol. The third-order valence-electron chi connectivity index (χ3n) is 4.11. The molecule has 0 radical (unpaired) electrons. The van der Waals surface area contributed by atoms with Crippen LogP contribution in [0.5, 0.6) is 11.5 Å². The van der Waals surface area contributed by atoms with E-state index in [-0.39, 0.29) is 34.2 Å². The van der Waals surface area contributed by atoms with Crippen LogP contribution < -0.4 is 4.74 Å². The number of thioether (sulfide) groups is 1. The van der Waals surface area contributed by atoms with Crippen LogP contribution >= 0.6 is 23.4 Å². The number of halogens is 4. The maximum Gasteiger partial charge on any atom is 0.416 e. The molecule has 0 aliphatic heterocycles. The Morgan fingerprint density at radius 2 is 2.00 bits per heavy atom. The summed E-state index contributed by atoms with van der Waals surface area (Å²) in [7, 11) is 0. The lowest BCUT2D eigenvalue weighted by Gasteiger charge is -2.15. The smallest absolute Gasteiger partial charge is 0.416 e. The van der Waals surface area contributed by atoms with Crippen molar-refractivity contribution >= 4 is 35.0 Å². The van der Waals surface area contributed by atoms with E-state index in [1.807, 2.05) is 6.92 Å². The molecule has 0 aliphatic carbocycles. The maximum absolute atomic E-state index is 12.8. The van der Waals surface area contributed by atoms with Crippen molar-refractivity contribution in [3.63, 3.8) is 0 Å². The predicted octanol–water partition coefficient (Wildman–Crippen LogP) is 6.37. The molecule has 0 fully saturated rings. The van der Waals surface area contributed by atoms with Crippen molar-refractivity contribution < 1.29 is 32.7 Å². The first-order chi connectivity index (χ1) is 14.0. The highest BCUT2D eigenvalue weighted by molar-refractivity contribution is 7.99. The van der Waals surface area contributed by atoms with E-state index in [1.54, 1.807) is 0 Å². The first-order valence-corrected chi connectivity index (χ1v) is 10.2. The van der Waals surface area contributed by atoms with Crippen LogP contribution in [0.3, 0.4) is 0 Å². The van der Waals surface area contributed by atoms with Crippen LogP contribution in [0.2, 0.25) is 5.02 Å². The molecule has 0 amide bonds. The number of ether oxygens (including phenoxy) is 1. The summed E-state index contributed by atoms with van der Waals surface area (Å²) in [6.07, 6.45) is -4.41. The van der Waals surface area contributed by atoms with Gasteiger partial charge in [0.15, 0.2) is 0 Å². The number of carbonyl (C=O) groups is 1. The minimum atomic E-state index is -4.58. The Kier molecular flexibility index (Phi) is 7.96. The van der Waals surface area contributed by atoms with Crippen LogP contribution in [0.25, 0.3) is 0 Å². The highest BCUT2D eigenvalue weighted by atomic mass is 35.5. The van der Waals surface area contributed by atoms with E-state index in [4.69, 9.17) is 16.3 Å². The zero-order valence-corrected chi connectivity index (χ0v) is 17.2. The van der Waals surface area contributed by atoms with Crippen molar-refractivity contribution in [2.45, 2.75) is 25.4 Å². The molecule has 1 N–H and O–H groups in total. The van der Waals surface area contributed by atoms with Crippen LogP contribution in [0.1, 0.15) is 30.4 Å². The van der Waals surface area contributed by atoms with Gasteiger partial charge in [-0.1, -0.05) is 18.5 Å². The molecule has 11 heteroatoms. The Labute approximate surface area is 179 Å². The molecule has 0 saturated heterocycles. The van der Waals surface area contributed by atoms with E-state index >= 15 is 0 Å². The Morgan fingerprint density at radius 1 is 1.30 bits per heavy atom. The number of benzene rings is 2. The minimum absolute atomic E-state index is 0.0200. The topological polar surface area (TPSA) is 89.7 Å². The van der Waals surface area contributed by atoms with Gasteiger partial charge in [-0.25, -0.2) is 0 Å². The van der Waals surface area contributed by atoms with Gasteiger partial charge in [0.1, 0.15) is 11.5 Å². The van der Waals surface area contributed by atoms with Gasteiger partial charge in [0.05, 0.1) is 21.4 Å². The molecule has 1 atom stereocenters. The molecule has 0 spiro atoms. The third-order valence-corrected chi connectivity index (χ3v) is 5.34. The van der Waals surface area contributed by atoms with Crippen LogP contribution in [-0.4, -0.2) is 27.5 Å². The molecule has 6 nitrogen and oxygen atoms in total. The number of hydrogen-bond acceptors (Lipinski definition) is 5. The Balaban J connectivity index is 2.40. The highest BCUT2D eigenvalue weighted by Crippen LogP contribution is 2.38. The minimum Gasteiger partial charge on any atom is -0.481 e. The van der Waals surface area contributed by atoms with Crippen LogP contribution in [-0.2, 0) is 11.0 Å². The molecular formula is C19H17ClF3NO5S. The van der Waals surface area contributed by atoms with Gasteiger partial charge in [-0.05, 0) is 48.3 Å². The zero-order chi connectivity index (χ0) is 22.5. The second kappa shape index (κ2) is 10.0. The van der Waals surface area contributed by atoms with Gasteiger partial charge in [0, 0.05) is 11.6 Å². The summed E-state index contributed by atoms with van der Waals surface area (Å²) in [5.74, 6) is -1.19. The Bertz CT molecular complexity index is 939. The van der Waals surface area contributed by atoms with Crippen molar-refractivity contribution in [3.05, 3.63) is 62.7 Å². The standard InChI is InChI=1S/C19H17ClF3NO5S/c1-2-30-8-7-13(18(25)26)14-10-12(4-5-16(14)24(27)28)29-17-6-3-11(9-15(17)20)19(21,22)23/h3-6,9-10,13H,2,7-8H2,1H3,(H,25,26). The number of carboxylic acids is 1. The molecule has 0 heterocycles. The van der Waals surface area contributed by atoms with Gasteiger partial charge < -0.3 is 9.84 Å². The quantitative estimate of drug-likeness (QED) is 0.264. The number of alkyl halides is 3. The van der Waals surface area contributed by atoms with Gasteiger partial charge in [0.25, 0.3) is 5.69 Å². The van der Waals surface area contributed by atoms with E-state index in [0.717, 1.165) is 24.0 Å². The van der Waals surface area contributed by atoms with Crippen molar-refractivity contribution in [1.29, 1.82) is 0 Å². The van der Waals surface area contributed by atoms with Crippen molar-refractivity contribution in [2.24, 2.45) is 0 Å². The van der Waals surface area contributed by atoms with Gasteiger partial charge >= 0.3 is 12.1 Å². The molecule has 0 aliphatic rings. The second-order valence-corrected chi connectivity index (χ2v) is 7.90.